The van der Waals surface area contributed by atoms with Gasteiger partial charge in [0, 0.05) is 49.0 Å². The van der Waals surface area contributed by atoms with Crippen molar-refractivity contribution in [1.82, 2.24) is 4.90 Å². The van der Waals surface area contributed by atoms with Crippen molar-refractivity contribution in [3.05, 3.63) is 51.6 Å². The lowest BCUT2D eigenvalue weighted by atomic mass is 9.72. The van der Waals surface area contributed by atoms with Crippen molar-refractivity contribution in [2.75, 3.05) is 20.2 Å². The van der Waals surface area contributed by atoms with Gasteiger partial charge in [-0.3, -0.25) is 19.4 Å². The average molecular weight is 611 g/mol. The molecule has 1 saturated heterocycles. The zero-order valence-electron chi connectivity index (χ0n) is 25.4. The number of carbonyl (C=O) groups excluding carboxylic acids is 3. The summed E-state index contributed by atoms with van der Waals surface area (Å²) in [4.78, 5) is 46.6. The first-order valence-corrected chi connectivity index (χ1v) is 14.7. The lowest BCUT2D eigenvalue weighted by Gasteiger charge is -2.42. The summed E-state index contributed by atoms with van der Waals surface area (Å²) in [6.07, 6.45) is -2.86. The van der Waals surface area contributed by atoms with Crippen molar-refractivity contribution in [2.24, 2.45) is 4.99 Å². The number of hydrogen-bond acceptors (Lipinski definition) is 11. The molecular formula is C32H38N2O10. The number of ketones is 3. The number of aliphatic hydroxyl groups excluding tert-OH is 1. The minimum atomic E-state index is -2.02. The van der Waals surface area contributed by atoms with E-state index in [2.05, 4.69) is 4.99 Å². The van der Waals surface area contributed by atoms with Crippen molar-refractivity contribution in [1.29, 1.82) is 0 Å². The fourth-order valence-electron chi connectivity index (χ4n) is 6.31. The van der Waals surface area contributed by atoms with Crippen molar-refractivity contribution in [2.45, 2.75) is 83.2 Å². The van der Waals surface area contributed by atoms with Gasteiger partial charge in [0.25, 0.3) is 0 Å². The minimum Gasteiger partial charge on any atom is -0.507 e. The van der Waals surface area contributed by atoms with Gasteiger partial charge in [-0.1, -0.05) is 12.1 Å². The Balaban J connectivity index is 1.59. The van der Waals surface area contributed by atoms with Crippen molar-refractivity contribution < 1.29 is 49.0 Å². The monoisotopic (exact) mass is 610 g/mol. The van der Waals surface area contributed by atoms with Crippen LogP contribution in [0.15, 0.2) is 23.2 Å². The number of aliphatic hydroxyl groups is 2. The number of nitrogens with zero attached hydrogens (tertiary/aromatic N) is 2. The van der Waals surface area contributed by atoms with E-state index in [4.69, 9.17) is 14.2 Å². The number of fused-ring (bicyclic) bond motifs is 3. The predicted molar refractivity (Wildman–Crippen MR) is 158 cm³/mol. The van der Waals surface area contributed by atoms with Crippen LogP contribution >= 0.6 is 0 Å². The fourth-order valence-corrected chi connectivity index (χ4v) is 6.31. The van der Waals surface area contributed by atoms with Crippen LogP contribution in [0.25, 0.3) is 0 Å². The number of carbonyl (C=O) groups is 3. The highest BCUT2D eigenvalue weighted by atomic mass is 16.7. The van der Waals surface area contributed by atoms with Gasteiger partial charge < -0.3 is 39.5 Å². The molecule has 1 fully saturated rings. The van der Waals surface area contributed by atoms with Gasteiger partial charge in [-0.05, 0) is 33.8 Å². The molecule has 12 nitrogen and oxygen atoms in total. The maximum absolute atomic E-state index is 13.8. The lowest BCUT2D eigenvalue weighted by molar-refractivity contribution is -0.246. The molecule has 0 spiro atoms. The maximum Gasteiger partial charge on any atom is 0.202 e. The summed E-state index contributed by atoms with van der Waals surface area (Å²) in [5.74, 6) is -3.15. The van der Waals surface area contributed by atoms with Gasteiger partial charge in [-0.15, -0.1) is 0 Å². The van der Waals surface area contributed by atoms with E-state index in [0.717, 1.165) is 13.1 Å². The summed E-state index contributed by atoms with van der Waals surface area (Å²) in [6.45, 7) is 8.27. The average Bonchev–Trinajstić information content (AvgIpc) is 2.99. The first-order chi connectivity index (χ1) is 20.9. The molecular weight excluding hydrogens is 572 g/mol. The largest absolute Gasteiger partial charge is 0.507 e. The summed E-state index contributed by atoms with van der Waals surface area (Å²) < 4.78 is 17.5. The van der Waals surface area contributed by atoms with Crippen LogP contribution < -0.4 is 4.74 Å². The second-order valence-electron chi connectivity index (χ2n) is 11.5. The molecule has 2 aromatic carbocycles. The van der Waals surface area contributed by atoms with Crippen LogP contribution in [0.1, 0.15) is 89.6 Å². The fraction of sp³-hybridized carbons (Fsp3) is 0.500. The highest BCUT2D eigenvalue weighted by Crippen LogP contribution is 2.52. The molecule has 12 heteroatoms. The molecule has 0 aromatic heterocycles. The third-order valence-electron chi connectivity index (χ3n) is 8.96. The Hall–Kier alpha value is -3.84. The summed E-state index contributed by atoms with van der Waals surface area (Å²) in [7, 11) is 1.35. The van der Waals surface area contributed by atoms with Crippen molar-refractivity contribution >= 4 is 23.7 Å². The number of aliphatic imine (C=N–C) groups is 1. The van der Waals surface area contributed by atoms with E-state index >= 15 is 0 Å². The molecule has 44 heavy (non-hydrogen) atoms. The van der Waals surface area contributed by atoms with Crippen LogP contribution in [-0.2, 0) is 20.7 Å². The Morgan fingerprint density at radius 1 is 1.14 bits per heavy atom. The molecule has 2 aliphatic carbocycles. The Morgan fingerprint density at radius 3 is 2.45 bits per heavy atom. The van der Waals surface area contributed by atoms with Crippen LogP contribution in [0.4, 0.5) is 0 Å². The van der Waals surface area contributed by atoms with Gasteiger partial charge in [-0.25, -0.2) is 0 Å². The first-order valence-electron chi connectivity index (χ1n) is 14.7. The van der Waals surface area contributed by atoms with Gasteiger partial charge >= 0.3 is 0 Å². The van der Waals surface area contributed by atoms with Gasteiger partial charge in [0.15, 0.2) is 17.9 Å². The van der Waals surface area contributed by atoms with Gasteiger partial charge in [0.05, 0.1) is 48.4 Å². The number of aromatic hydroxyl groups is 2. The smallest absolute Gasteiger partial charge is 0.202 e. The highest BCUT2D eigenvalue weighted by molar-refractivity contribution is 6.31. The first kappa shape index (κ1) is 31.6. The van der Waals surface area contributed by atoms with Crippen molar-refractivity contribution in [3.8, 4) is 17.2 Å². The Bertz CT molecular complexity index is 1530. The van der Waals surface area contributed by atoms with E-state index < -0.39 is 82.6 Å². The molecule has 4 N–H and O–H groups in total. The van der Waals surface area contributed by atoms with E-state index in [1.165, 1.54) is 32.2 Å². The number of Topliss-reactive ketones (excluding diaryl/α,β-unsaturated/α-hetero) is 1. The zero-order valence-corrected chi connectivity index (χ0v) is 25.4. The Kier molecular flexibility index (Phi) is 8.56. The maximum atomic E-state index is 13.8. The summed E-state index contributed by atoms with van der Waals surface area (Å²) in [6, 6.07) is 3.86. The van der Waals surface area contributed by atoms with Gasteiger partial charge in [0.2, 0.25) is 5.78 Å². The molecule has 0 radical (unpaired) electrons. The van der Waals surface area contributed by atoms with Crippen LogP contribution in [-0.4, -0.2) is 99.4 Å². The number of rotatable bonds is 8. The molecule has 6 atom stereocenters. The number of hydrogen-bond donors (Lipinski definition) is 4. The lowest BCUT2D eigenvalue weighted by Crippen LogP contribution is -2.49. The summed E-state index contributed by atoms with van der Waals surface area (Å²) >= 11 is 0. The van der Waals surface area contributed by atoms with Gasteiger partial charge in [-0.2, -0.15) is 0 Å². The molecule has 0 saturated carbocycles. The van der Waals surface area contributed by atoms with Gasteiger partial charge in [0.1, 0.15) is 29.0 Å². The van der Waals surface area contributed by atoms with E-state index in [-0.39, 0.29) is 40.8 Å². The number of benzene rings is 2. The van der Waals surface area contributed by atoms with Crippen LogP contribution in [0.3, 0.4) is 0 Å². The molecule has 236 valence electrons. The molecule has 0 amide bonds. The molecule has 1 heterocycles. The molecule has 5 unspecified atom stereocenters. The topological polar surface area (TPSA) is 175 Å². The van der Waals surface area contributed by atoms with E-state index in [1.807, 2.05) is 18.7 Å². The summed E-state index contributed by atoms with van der Waals surface area (Å²) in [5, 5.41) is 45.3. The zero-order chi connectivity index (χ0) is 32.1. The van der Waals surface area contributed by atoms with Crippen LogP contribution in [0.2, 0.25) is 0 Å². The molecule has 1 aliphatic heterocycles. The highest BCUT2D eigenvalue weighted by Gasteiger charge is 2.49. The number of ether oxygens (including phenoxy) is 3. The third-order valence-corrected chi connectivity index (χ3v) is 8.96. The van der Waals surface area contributed by atoms with E-state index in [1.54, 1.807) is 13.3 Å². The molecule has 3 aliphatic rings. The molecule has 2 aromatic rings. The van der Waals surface area contributed by atoms with Crippen LogP contribution in [0.5, 0.6) is 17.2 Å². The SMILES string of the molecule is CCN(C=NC1CC(O[C@H]2CC(O)(C(C)=O)Cc3c(O)c4c(c(O)c32)C(=O)c2c(OC)cccc2C4=O)OC(C)C1O)CC. The summed E-state index contributed by atoms with van der Waals surface area (Å²) in [5.41, 5.74) is -3.03. The standard InChI is InChI=1S/C32H38N2O10/c1-6-34(7-2)14-33-19-11-22(43-15(3)27(19)36)44-21-13-32(41,16(4)35)12-18-24(21)31(40)26-25(29(18)38)28(37)17-9-8-10-20(42-5)23(17)30(26)39/h8-10,14-15,19,21-22,27,36,38,40-41H,6-7,11-13H2,1-5H3/t15?,19?,21-,22?,27?,32?/m0/s1. The second kappa shape index (κ2) is 11.9. The molecule has 5 rings (SSSR count). The Labute approximate surface area is 254 Å². The van der Waals surface area contributed by atoms with E-state index in [0.29, 0.717) is 0 Å². The predicted octanol–water partition coefficient (Wildman–Crippen LogP) is 2.44. The quantitative estimate of drug-likeness (QED) is 0.167. The van der Waals surface area contributed by atoms with E-state index in [9.17, 15) is 34.8 Å². The normalized spacial score (nSPS) is 27.9. The Morgan fingerprint density at radius 2 is 1.82 bits per heavy atom. The minimum absolute atomic E-state index is 0.0126. The van der Waals surface area contributed by atoms with Crippen molar-refractivity contribution in [3.63, 3.8) is 0 Å². The number of phenolic OH excluding ortho intramolecular Hbond substituents is 2. The second-order valence-corrected chi connectivity index (χ2v) is 11.5. The molecule has 0 bridgehead atoms. The van der Waals surface area contributed by atoms with Crippen LogP contribution in [0, 0.1) is 0 Å². The third kappa shape index (κ3) is 5.15. The number of phenols is 2. The number of methoxy groups -OCH3 is 1.